The average Bonchev–Trinajstić information content (AvgIpc) is 2.92. The van der Waals surface area contributed by atoms with Crippen LogP contribution in [-0.4, -0.2) is 6.61 Å². The predicted octanol–water partition coefficient (Wildman–Crippen LogP) is 4.53. The van der Waals surface area contributed by atoms with Gasteiger partial charge in [0.1, 0.15) is 5.75 Å². The largest absolute Gasteiger partial charge is 0.493 e. The normalized spacial score (nSPS) is 13.7. The van der Waals surface area contributed by atoms with Gasteiger partial charge in [-0.2, -0.15) is 0 Å². The summed E-state index contributed by atoms with van der Waals surface area (Å²) < 4.78 is 5.54. The molecule has 0 aliphatic carbocycles. The van der Waals surface area contributed by atoms with Gasteiger partial charge >= 0.3 is 0 Å². The van der Waals surface area contributed by atoms with E-state index in [9.17, 15) is 0 Å². The van der Waals surface area contributed by atoms with Gasteiger partial charge in [-0.1, -0.05) is 45.0 Å². The fourth-order valence-electron chi connectivity index (χ4n) is 2.64. The van der Waals surface area contributed by atoms with E-state index in [0.29, 0.717) is 0 Å². The number of ether oxygens (including phenoxy) is 1. The van der Waals surface area contributed by atoms with Gasteiger partial charge in [0.25, 0.3) is 0 Å². The van der Waals surface area contributed by atoms with Gasteiger partial charge in [0.15, 0.2) is 0 Å². The van der Waals surface area contributed by atoms with Crippen LogP contribution in [0.4, 0.5) is 5.69 Å². The maximum absolute atomic E-state index is 5.54. The molecule has 0 fully saturated rings. The highest BCUT2D eigenvalue weighted by Crippen LogP contribution is 2.27. The fourth-order valence-corrected chi connectivity index (χ4v) is 2.64. The van der Waals surface area contributed by atoms with Gasteiger partial charge in [0, 0.05) is 18.7 Å². The molecule has 2 aromatic carbocycles. The summed E-state index contributed by atoms with van der Waals surface area (Å²) in [5.74, 6) is 1.05. The second-order valence-electron chi connectivity index (χ2n) is 6.72. The first-order chi connectivity index (χ1) is 10.0. The number of rotatable bonds is 3. The number of anilines is 1. The minimum atomic E-state index is 0.207. The van der Waals surface area contributed by atoms with Crippen molar-refractivity contribution in [3.05, 3.63) is 59.2 Å². The topological polar surface area (TPSA) is 21.3 Å². The van der Waals surface area contributed by atoms with E-state index in [-0.39, 0.29) is 5.41 Å². The van der Waals surface area contributed by atoms with Crippen LogP contribution in [0.2, 0.25) is 0 Å². The summed E-state index contributed by atoms with van der Waals surface area (Å²) in [5, 5.41) is 3.49. The Kier molecular flexibility index (Phi) is 3.62. The van der Waals surface area contributed by atoms with Crippen molar-refractivity contribution >= 4 is 5.69 Å². The Labute approximate surface area is 127 Å². The Morgan fingerprint density at radius 3 is 2.52 bits per heavy atom. The molecule has 2 aromatic rings. The first-order valence-electron chi connectivity index (χ1n) is 7.61. The van der Waals surface area contributed by atoms with Crippen LogP contribution in [0.1, 0.15) is 37.5 Å². The van der Waals surface area contributed by atoms with Crippen LogP contribution in [-0.2, 0) is 18.4 Å². The van der Waals surface area contributed by atoms with Gasteiger partial charge in [-0.05, 0) is 40.3 Å². The van der Waals surface area contributed by atoms with Crippen molar-refractivity contribution in [3.8, 4) is 5.75 Å². The fraction of sp³-hybridized carbons (Fsp3) is 0.368. The van der Waals surface area contributed by atoms with Crippen LogP contribution in [0.5, 0.6) is 5.75 Å². The lowest BCUT2D eigenvalue weighted by Crippen LogP contribution is -2.10. The van der Waals surface area contributed by atoms with E-state index in [0.717, 1.165) is 25.3 Å². The number of fused-ring (bicyclic) bond motifs is 1. The summed E-state index contributed by atoms with van der Waals surface area (Å²) in [7, 11) is 0. The lowest BCUT2D eigenvalue weighted by atomic mass is 9.87. The average molecular weight is 281 g/mol. The zero-order valence-corrected chi connectivity index (χ0v) is 13.1. The Morgan fingerprint density at radius 2 is 1.81 bits per heavy atom. The second-order valence-corrected chi connectivity index (χ2v) is 6.72. The molecule has 1 heterocycles. The third-order valence-electron chi connectivity index (χ3n) is 4.00. The van der Waals surface area contributed by atoms with Gasteiger partial charge in [0.2, 0.25) is 0 Å². The van der Waals surface area contributed by atoms with Crippen molar-refractivity contribution in [2.45, 2.75) is 39.2 Å². The Balaban J connectivity index is 1.65. The molecule has 0 saturated heterocycles. The maximum Gasteiger partial charge on any atom is 0.122 e. The zero-order chi connectivity index (χ0) is 14.9. The molecule has 0 unspecified atom stereocenters. The molecule has 110 valence electrons. The van der Waals surface area contributed by atoms with E-state index in [2.05, 4.69) is 68.6 Å². The van der Waals surface area contributed by atoms with Crippen molar-refractivity contribution < 1.29 is 4.74 Å². The van der Waals surface area contributed by atoms with Crippen LogP contribution in [0.15, 0.2) is 42.5 Å². The summed E-state index contributed by atoms with van der Waals surface area (Å²) in [4.78, 5) is 0. The highest BCUT2D eigenvalue weighted by atomic mass is 16.5. The smallest absolute Gasteiger partial charge is 0.122 e. The van der Waals surface area contributed by atoms with Crippen LogP contribution in [0.25, 0.3) is 0 Å². The van der Waals surface area contributed by atoms with Crippen molar-refractivity contribution in [3.63, 3.8) is 0 Å². The third kappa shape index (κ3) is 3.21. The van der Waals surface area contributed by atoms with Crippen LogP contribution < -0.4 is 10.1 Å². The summed E-state index contributed by atoms with van der Waals surface area (Å²) in [6.45, 7) is 8.38. The summed E-state index contributed by atoms with van der Waals surface area (Å²) >= 11 is 0. The number of benzene rings is 2. The van der Waals surface area contributed by atoms with E-state index in [1.54, 1.807) is 0 Å². The molecule has 0 bridgehead atoms. The van der Waals surface area contributed by atoms with Gasteiger partial charge in [-0.3, -0.25) is 0 Å². The highest BCUT2D eigenvalue weighted by Gasteiger charge is 2.13. The van der Waals surface area contributed by atoms with Crippen molar-refractivity contribution in [1.82, 2.24) is 0 Å². The standard InChI is InChI=1S/C19H23NO/c1-19(2,3)16-5-7-17(8-6-16)20-13-14-4-9-18-15(12-14)10-11-21-18/h4-9,12,20H,10-11,13H2,1-3H3. The first kappa shape index (κ1) is 14.0. The molecule has 0 amide bonds. The van der Waals surface area contributed by atoms with Gasteiger partial charge in [-0.25, -0.2) is 0 Å². The SMILES string of the molecule is CC(C)(C)c1ccc(NCc2ccc3c(c2)CCO3)cc1. The zero-order valence-electron chi connectivity index (χ0n) is 13.1. The molecule has 2 nitrogen and oxygen atoms in total. The lowest BCUT2D eigenvalue weighted by Gasteiger charge is -2.19. The maximum atomic E-state index is 5.54. The molecular weight excluding hydrogens is 258 g/mol. The highest BCUT2D eigenvalue weighted by molar-refractivity contribution is 5.47. The van der Waals surface area contributed by atoms with E-state index in [4.69, 9.17) is 4.74 Å². The van der Waals surface area contributed by atoms with Crippen LogP contribution in [0, 0.1) is 0 Å². The second kappa shape index (κ2) is 5.44. The minimum Gasteiger partial charge on any atom is -0.493 e. The van der Waals surface area contributed by atoms with Crippen molar-refractivity contribution in [2.24, 2.45) is 0 Å². The van der Waals surface area contributed by atoms with E-state index in [1.807, 2.05) is 0 Å². The molecule has 0 saturated carbocycles. The molecule has 0 aromatic heterocycles. The Hall–Kier alpha value is -1.96. The monoisotopic (exact) mass is 281 g/mol. The molecule has 0 radical (unpaired) electrons. The number of hydrogen-bond acceptors (Lipinski definition) is 2. The van der Waals surface area contributed by atoms with Crippen LogP contribution >= 0.6 is 0 Å². The third-order valence-corrected chi connectivity index (χ3v) is 4.00. The minimum absolute atomic E-state index is 0.207. The summed E-state index contributed by atoms with van der Waals surface area (Å²) in [6, 6.07) is 15.2. The van der Waals surface area contributed by atoms with Gasteiger partial charge in [0.05, 0.1) is 6.61 Å². The van der Waals surface area contributed by atoms with Crippen molar-refractivity contribution in [1.29, 1.82) is 0 Å². The summed E-state index contributed by atoms with van der Waals surface area (Å²) in [5.41, 5.74) is 5.37. The molecule has 0 atom stereocenters. The van der Waals surface area contributed by atoms with E-state index >= 15 is 0 Å². The molecule has 2 heteroatoms. The molecule has 1 N–H and O–H groups in total. The van der Waals surface area contributed by atoms with Gasteiger partial charge in [-0.15, -0.1) is 0 Å². The first-order valence-corrected chi connectivity index (χ1v) is 7.61. The predicted molar refractivity (Wildman–Crippen MR) is 88.1 cm³/mol. The molecule has 0 spiro atoms. The number of nitrogens with one attached hydrogen (secondary N) is 1. The Bertz CT molecular complexity index is 623. The van der Waals surface area contributed by atoms with Gasteiger partial charge < -0.3 is 10.1 Å². The van der Waals surface area contributed by atoms with E-state index in [1.165, 1.54) is 22.4 Å². The Morgan fingerprint density at radius 1 is 1.05 bits per heavy atom. The van der Waals surface area contributed by atoms with Crippen molar-refractivity contribution in [2.75, 3.05) is 11.9 Å². The summed E-state index contributed by atoms with van der Waals surface area (Å²) in [6.07, 6.45) is 1.03. The molecular formula is C19H23NO. The molecule has 1 aliphatic heterocycles. The lowest BCUT2D eigenvalue weighted by molar-refractivity contribution is 0.357. The number of hydrogen-bond donors (Lipinski definition) is 1. The van der Waals surface area contributed by atoms with Crippen LogP contribution in [0.3, 0.4) is 0 Å². The van der Waals surface area contributed by atoms with E-state index < -0.39 is 0 Å². The molecule has 1 aliphatic rings. The molecule has 21 heavy (non-hydrogen) atoms. The quantitative estimate of drug-likeness (QED) is 0.892. The molecule has 3 rings (SSSR count).